The van der Waals surface area contributed by atoms with Gasteiger partial charge in [-0.05, 0) is 30.3 Å². The Kier molecular flexibility index (Phi) is 3.02. The molecule has 0 aliphatic rings. The summed E-state index contributed by atoms with van der Waals surface area (Å²) in [5.74, 6) is 0. The lowest BCUT2D eigenvalue weighted by molar-refractivity contribution is -0.137. The quantitative estimate of drug-likeness (QED) is 0.791. The van der Waals surface area contributed by atoms with Crippen molar-refractivity contribution in [2.24, 2.45) is 0 Å². The minimum Gasteiger partial charge on any atom is -0.307 e. The molecule has 0 fully saturated rings. The number of halogens is 3. The van der Waals surface area contributed by atoms with E-state index in [4.69, 9.17) is 10.5 Å². The molecule has 0 saturated carbocycles. The summed E-state index contributed by atoms with van der Waals surface area (Å²) in [5.41, 5.74) is -0.533. The van der Waals surface area contributed by atoms with Gasteiger partial charge in [-0.2, -0.15) is 23.7 Å². The smallest absolute Gasteiger partial charge is 0.307 e. The van der Waals surface area contributed by atoms with Crippen LogP contribution in [0.5, 0.6) is 0 Å². The van der Waals surface area contributed by atoms with Crippen molar-refractivity contribution in [2.75, 3.05) is 0 Å². The largest absolute Gasteiger partial charge is 0.416 e. The number of alkyl halides is 3. The molecule has 0 spiro atoms. The zero-order chi connectivity index (χ0) is 14.0. The number of hydrogen-bond donors (Lipinski definition) is 0. The fraction of sp³-hybridized carbons (Fsp3) is 0.0769. The Morgan fingerprint density at radius 1 is 1.05 bits per heavy atom. The molecule has 1 aromatic carbocycles. The van der Waals surface area contributed by atoms with Crippen molar-refractivity contribution in [3.8, 4) is 17.8 Å². The van der Waals surface area contributed by atoms with E-state index in [1.54, 1.807) is 12.1 Å². The van der Waals surface area contributed by atoms with Gasteiger partial charge in [0.1, 0.15) is 17.8 Å². The molecule has 0 aliphatic heterocycles. The van der Waals surface area contributed by atoms with Gasteiger partial charge in [-0.25, -0.2) is 0 Å². The van der Waals surface area contributed by atoms with E-state index in [2.05, 4.69) is 0 Å². The third-order valence-electron chi connectivity index (χ3n) is 2.57. The van der Waals surface area contributed by atoms with E-state index < -0.39 is 11.7 Å². The van der Waals surface area contributed by atoms with Gasteiger partial charge in [-0.1, -0.05) is 0 Å². The zero-order valence-electron chi connectivity index (χ0n) is 9.44. The summed E-state index contributed by atoms with van der Waals surface area (Å²) >= 11 is 0. The SMILES string of the molecule is N#Cc1cc(C(F)(F)F)ccc1-n1cccc1C#N. The second-order valence-electron chi connectivity index (χ2n) is 3.72. The lowest BCUT2D eigenvalue weighted by Gasteiger charge is -2.11. The van der Waals surface area contributed by atoms with Crippen LogP contribution >= 0.6 is 0 Å². The average Bonchev–Trinajstić information content (AvgIpc) is 2.84. The fourth-order valence-corrected chi connectivity index (χ4v) is 1.69. The van der Waals surface area contributed by atoms with Crippen molar-refractivity contribution in [2.45, 2.75) is 6.18 Å². The normalized spacial score (nSPS) is 10.8. The predicted molar refractivity (Wildman–Crippen MR) is 60.2 cm³/mol. The first-order chi connectivity index (χ1) is 8.97. The zero-order valence-corrected chi connectivity index (χ0v) is 9.44. The van der Waals surface area contributed by atoms with Crippen molar-refractivity contribution < 1.29 is 13.2 Å². The summed E-state index contributed by atoms with van der Waals surface area (Å²) in [5, 5.41) is 17.8. The maximum absolute atomic E-state index is 12.6. The van der Waals surface area contributed by atoms with Gasteiger partial charge in [0.15, 0.2) is 0 Å². The maximum atomic E-state index is 12.6. The first kappa shape index (κ1) is 12.7. The third-order valence-corrected chi connectivity index (χ3v) is 2.57. The minimum absolute atomic E-state index is 0.137. The molecule has 19 heavy (non-hydrogen) atoms. The molecular formula is C13H6F3N3. The van der Waals surface area contributed by atoms with Crippen LogP contribution in [0, 0.1) is 22.7 Å². The topological polar surface area (TPSA) is 52.5 Å². The summed E-state index contributed by atoms with van der Waals surface area (Å²) in [7, 11) is 0. The van der Waals surface area contributed by atoms with Gasteiger partial charge in [0, 0.05) is 6.20 Å². The monoisotopic (exact) mass is 261 g/mol. The van der Waals surface area contributed by atoms with Gasteiger partial charge in [-0.3, -0.25) is 0 Å². The molecular weight excluding hydrogens is 255 g/mol. The number of aromatic nitrogens is 1. The van der Waals surface area contributed by atoms with Gasteiger partial charge in [0.25, 0.3) is 0 Å². The van der Waals surface area contributed by atoms with E-state index in [1.807, 2.05) is 6.07 Å². The molecule has 6 heteroatoms. The number of rotatable bonds is 1. The third kappa shape index (κ3) is 2.29. The van der Waals surface area contributed by atoms with Gasteiger partial charge in [-0.15, -0.1) is 0 Å². The van der Waals surface area contributed by atoms with Crippen LogP contribution in [0.2, 0.25) is 0 Å². The van der Waals surface area contributed by atoms with Crippen LogP contribution in [0.25, 0.3) is 5.69 Å². The van der Waals surface area contributed by atoms with Crippen molar-refractivity contribution in [1.82, 2.24) is 4.57 Å². The number of nitriles is 2. The van der Waals surface area contributed by atoms with Crippen LogP contribution in [0.15, 0.2) is 36.5 Å². The average molecular weight is 261 g/mol. The molecule has 0 radical (unpaired) electrons. The van der Waals surface area contributed by atoms with Gasteiger partial charge in [0.05, 0.1) is 16.8 Å². The van der Waals surface area contributed by atoms with Crippen molar-refractivity contribution in [3.63, 3.8) is 0 Å². The Labute approximate surface area is 106 Å². The maximum Gasteiger partial charge on any atom is 0.416 e. The molecule has 0 unspecified atom stereocenters. The molecule has 0 atom stereocenters. The van der Waals surface area contributed by atoms with Gasteiger partial charge in [0.2, 0.25) is 0 Å². The summed E-state index contributed by atoms with van der Waals surface area (Å²) < 4.78 is 39.0. The number of nitrogens with zero attached hydrogens (tertiary/aromatic N) is 3. The summed E-state index contributed by atoms with van der Waals surface area (Å²) in [6, 6.07) is 9.56. The lowest BCUT2D eigenvalue weighted by atomic mass is 10.1. The molecule has 0 bridgehead atoms. The first-order valence-corrected chi connectivity index (χ1v) is 5.16. The van der Waals surface area contributed by atoms with Crippen molar-refractivity contribution >= 4 is 0 Å². The molecule has 0 amide bonds. The molecule has 0 saturated heterocycles. The fourth-order valence-electron chi connectivity index (χ4n) is 1.69. The molecule has 1 heterocycles. The second-order valence-corrected chi connectivity index (χ2v) is 3.72. The van der Waals surface area contributed by atoms with Gasteiger partial charge >= 0.3 is 6.18 Å². The number of hydrogen-bond acceptors (Lipinski definition) is 2. The molecule has 0 aliphatic carbocycles. The highest BCUT2D eigenvalue weighted by Gasteiger charge is 2.31. The van der Waals surface area contributed by atoms with Crippen LogP contribution in [0.4, 0.5) is 13.2 Å². The first-order valence-electron chi connectivity index (χ1n) is 5.16. The van der Waals surface area contributed by atoms with Crippen LogP contribution < -0.4 is 0 Å². The van der Waals surface area contributed by atoms with E-state index in [1.165, 1.54) is 22.9 Å². The van der Waals surface area contributed by atoms with E-state index in [0.717, 1.165) is 12.1 Å². The van der Waals surface area contributed by atoms with Crippen molar-refractivity contribution in [1.29, 1.82) is 10.5 Å². The van der Waals surface area contributed by atoms with Gasteiger partial charge < -0.3 is 4.57 Å². The summed E-state index contributed by atoms with van der Waals surface area (Å²) in [6.45, 7) is 0. The Bertz CT molecular complexity index is 699. The molecule has 0 N–H and O–H groups in total. The predicted octanol–water partition coefficient (Wildman–Crippen LogP) is 3.24. The Hall–Kier alpha value is -2.73. The Morgan fingerprint density at radius 2 is 1.79 bits per heavy atom. The van der Waals surface area contributed by atoms with E-state index >= 15 is 0 Å². The second kappa shape index (κ2) is 4.51. The van der Waals surface area contributed by atoms with Crippen LogP contribution in [0.1, 0.15) is 16.8 Å². The summed E-state index contributed by atoms with van der Waals surface area (Å²) in [6.07, 6.45) is -2.99. The Balaban J connectivity index is 2.62. The van der Waals surface area contributed by atoms with Crippen LogP contribution in [-0.4, -0.2) is 4.57 Å². The van der Waals surface area contributed by atoms with Crippen LogP contribution in [0.3, 0.4) is 0 Å². The molecule has 1 aromatic heterocycles. The lowest BCUT2D eigenvalue weighted by Crippen LogP contribution is -2.07. The highest BCUT2D eigenvalue weighted by molar-refractivity contribution is 5.53. The molecule has 3 nitrogen and oxygen atoms in total. The Morgan fingerprint density at radius 3 is 2.37 bits per heavy atom. The number of benzene rings is 1. The standard InChI is InChI=1S/C13H6F3N3/c14-13(15,16)10-3-4-12(9(6-10)7-17)19-5-1-2-11(19)8-18/h1-6H. The van der Waals surface area contributed by atoms with Crippen molar-refractivity contribution in [3.05, 3.63) is 53.3 Å². The highest BCUT2D eigenvalue weighted by Crippen LogP contribution is 2.31. The minimum atomic E-state index is -4.50. The van der Waals surface area contributed by atoms with E-state index in [9.17, 15) is 13.2 Å². The van der Waals surface area contributed by atoms with Crippen LogP contribution in [-0.2, 0) is 6.18 Å². The summed E-state index contributed by atoms with van der Waals surface area (Å²) in [4.78, 5) is 0. The molecule has 2 aromatic rings. The van der Waals surface area contributed by atoms with E-state index in [0.29, 0.717) is 0 Å². The molecule has 2 rings (SSSR count). The highest BCUT2D eigenvalue weighted by atomic mass is 19.4. The molecule has 94 valence electrons. The van der Waals surface area contributed by atoms with E-state index in [-0.39, 0.29) is 16.9 Å².